The minimum atomic E-state index is -0.517. The van der Waals surface area contributed by atoms with Crippen LogP contribution in [0.3, 0.4) is 0 Å². The molecule has 0 aliphatic heterocycles. The zero-order chi connectivity index (χ0) is 17.3. The molecule has 0 atom stereocenters. The predicted molar refractivity (Wildman–Crippen MR) is 91.2 cm³/mol. The van der Waals surface area contributed by atoms with E-state index in [1.54, 1.807) is 6.07 Å². The fraction of sp³-hybridized carbons (Fsp3) is 0.400. The van der Waals surface area contributed by atoms with Gasteiger partial charge in [-0.15, -0.1) is 0 Å². The third-order valence-corrected chi connectivity index (χ3v) is 4.18. The highest BCUT2D eigenvalue weighted by Crippen LogP contribution is 2.34. The number of fused-ring (bicyclic) bond motifs is 1. The highest BCUT2D eigenvalue weighted by Gasteiger charge is 2.23. The summed E-state index contributed by atoms with van der Waals surface area (Å²) in [6.45, 7) is 5.58. The summed E-state index contributed by atoms with van der Waals surface area (Å²) in [6, 6.07) is 7.26. The van der Waals surface area contributed by atoms with Gasteiger partial charge in [-0.1, -0.05) is 12.1 Å². The van der Waals surface area contributed by atoms with Crippen molar-refractivity contribution in [2.75, 3.05) is 0 Å². The molecule has 0 N–H and O–H groups in total. The number of carbonyl (C=O) groups excluding carboxylic acids is 1. The van der Waals surface area contributed by atoms with Gasteiger partial charge in [0, 0.05) is 12.3 Å². The van der Waals surface area contributed by atoms with Crippen molar-refractivity contribution in [3.63, 3.8) is 0 Å². The maximum Gasteiger partial charge on any atom is 0.310 e. The second-order valence-corrected chi connectivity index (χ2v) is 7.21. The zero-order valence-corrected chi connectivity index (χ0v) is 14.4. The van der Waals surface area contributed by atoms with Crippen molar-refractivity contribution in [1.29, 1.82) is 0 Å². The molecule has 0 bridgehead atoms. The Hall–Kier alpha value is -2.23. The Kier molecular flexibility index (Phi) is 4.39. The predicted octanol–water partition coefficient (Wildman–Crippen LogP) is 4.26. The summed E-state index contributed by atoms with van der Waals surface area (Å²) in [5, 5.41) is 0. The van der Waals surface area contributed by atoms with Crippen molar-refractivity contribution in [3.05, 3.63) is 53.1 Å². The molecule has 24 heavy (non-hydrogen) atoms. The lowest BCUT2D eigenvalue weighted by Gasteiger charge is -2.21. The number of carbonyl (C=O) groups is 1. The molecular formula is C20H22FNO2. The van der Waals surface area contributed by atoms with Crippen LogP contribution in [0.5, 0.6) is 0 Å². The van der Waals surface area contributed by atoms with E-state index in [0.29, 0.717) is 0 Å². The van der Waals surface area contributed by atoms with E-state index in [9.17, 15) is 9.18 Å². The number of benzene rings is 1. The Morgan fingerprint density at radius 2 is 2.04 bits per heavy atom. The molecule has 0 radical (unpaired) electrons. The average Bonchev–Trinajstić information content (AvgIpc) is 2.94. The average molecular weight is 327 g/mol. The minimum Gasteiger partial charge on any atom is -0.460 e. The summed E-state index contributed by atoms with van der Waals surface area (Å²) in [7, 11) is 0. The SMILES string of the molecule is CC(C)(C)OC(=O)Cc1c(-c2ccnc(F)c2)ccc2c1CCC2. The lowest BCUT2D eigenvalue weighted by atomic mass is 9.91. The second kappa shape index (κ2) is 6.34. The van der Waals surface area contributed by atoms with Crippen LogP contribution in [0.1, 0.15) is 43.9 Å². The number of halogens is 1. The summed E-state index contributed by atoms with van der Waals surface area (Å²) in [6.07, 6.45) is 4.73. The molecule has 126 valence electrons. The van der Waals surface area contributed by atoms with Crippen LogP contribution in [0.4, 0.5) is 4.39 Å². The van der Waals surface area contributed by atoms with Crippen molar-refractivity contribution < 1.29 is 13.9 Å². The number of esters is 1. The van der Waals surface area contributed by atoms with Gasteiger partial charge in [0.25, 0.3) is 0 Å². The molecule has 3 rings (SSSR count). The first-order valence-electron chi connectivity index (χ1n) is 8.31. The summed E-state index contributed by atoms with van der Waals surface area (Å²) < 4.78 is 19.0. The number of hydrogen-bond donors (Lipinski definition) is 0. The van der Waals surface area contributed by atoms with Gasteiger partial charge in [0.15, 0.2) is 0 Å². The largest absolute Gasteiger partial charge is 0.460 e. The van der Waals surface area contributed by atoms with Gasteiger partial charge in [-0.2, -0.15) is 4.39 Å². The number of hydrogen-bond acceptors (Lipinski definition) is 3. The Bertz CT molecular complexity index is 778. The van der Waals surface area contributed by atoms with Gasteiger partial charge in [-0.25, -0.2) is 4.98 Å². The van der Waals surface area contributed by atoms with Crippen LogP contribution in [0.25, 0.3) is 11.1 Å². The van der Waals surface area contributed by atoms with Gasteiger partial charge in [0.2, 0.25) is 5.95 Å². The highest BCUT2D eigenvalue weighted by atomic mass is 19.1. The monoisotopic (exact) mass is 327 g/mol. The van der Waals surface area contributed by atoms with E-state index in [1.165, 1.54) is 23.4 Å². The fourth-order valence-electron chi connectivity index (χ4n) is 3.31. The number of aryl methyl sites for hydroxylation is 1. The van der Waals surface area contributed by atoms with Gasteiger partial charge in [-0.3, -0.25) is 4.79 Å². The maximum atomic E-state index is 13.5. The van der Waals surface area contributed by atoms with Gasteiger partial charge in [0.05, 0.1) is 6.42 Å². The van der Waals surface area contributed by atoms with Crippen molar-refractivity contribution in [1.82, 2.24) is 4.98 Å². The van der Waals surface area contributed by atoms with Crippen LogP contribution in [0.2, 0.25) is 0 Å². The van der Waals surface area contributed by atoms with Crippen LogP contribution in [0, 0.1) is 5.95 Å². The molecule has 1 aromatic heterocycles. The summed E-state index contributed by atoms with van der Waals surface area (Å²) in [4.78, 5) is 16.0. The normalized spacial score (nSPS) is 13.7. The van der Waals surface area contributed by atoms with Gasteiger partial charge in [-0.05, 0) is 73.9 Å². The van der Waals surface area contributed by atoms with Crippen LogP contribution in [-0.4, -0.2) is 16.6 Å². The van der Waals surface area contributed by atoms with E-state index >= 15 is 0 Å². The fourth-order valence-corrected chi connectivity index (χ4v) is 3.31. The minimum absolute atomic E-state index is 0.208. The molecule has 1 aromatic carbocycles. The molecule has 2 aromatic rings. The van der Waals surface area contributed by atoms with E-state index in [1.807, 2.05) is 26.8 Å². The van der Waals surface area contributed by atoms with E-state index < -0.39 is 11.5 Å². The van der Waals surface area contributed by atoms with Gasteiger partial charge in [0.1, 0.15) is 5.60 Å². The molecule has 0 amide bonds. The topological polar surface area (TPSA) is 39.2 Å². The molecule has 1 heterocycles. The molecule has 0 saturated carbocycles. The Morgan fingerprint density at radius 1 is 1.25 bits per heavy atom. The third kappa shape index (κ3) is 3.64. The van der Waals surface area contributed by atoms with E-state index in [0.717, 1.165) is 36.0 Å². The number of aromatic nitrogens is 1. The van der Waals surface area contributed by atoms with Crippen LogP contribution in [0.15, 0.2) is 30.5 Å². The Balaban J connectivity index is 2.02. The number of rotatable bonds is 3. The van der Waals surface area contributed by atoms with Crippen molar-refractivity contribution in [2.45, 2.75) is 52.1 Å². The van der Waals surface area contributed by atoms with E-state index in [-0.39, 0.29) is 12.4 Å². The van der Waals surface area contributed by atoms with E-state index in [2.05, 4.69) is 11.1 Å². The van der Waals surface area contributed by atoms with Crippen molar-refractivity contribution >= 4 is 5.97 Å². The number of nitrogens with zero attached hydrogens (tertiary/aromatic N) is 1. The van der Waals surface area contributed by atoms with Crippen molar-refractivity contribution in [3.8, 4) is 11.1 Å². The quantitative estimate of drug-likeness (QED) is 0.624. The molecule has 0 fully saturated rings. The highest BCUT2D eigenvalue weighted by molar-refractivity contribution is 5.80. The first-order chi connectivity index (χ1) is 11.3. The molecule has 0 spiro atoms. The van der Waals surface area contributed by atoms with E-state index in [4.69, 9.17) is 4.74 Å². The standard InChI is InChI=1S/C20H22FNO2/c1-20(2,3)24-19(23)12-17-15-6-4-5-13(15)7-8-16(17)14-9-10-22-18(21)11-14/h7-11H,4-6,12H2,1-3H3. The van der Waals surface area contributed by atoms with Gasteiger partial charge < -0.3 is 4.74 Å². The molecular weight excluding hydrogens is 305 g/mol. The maximum absolute atomic E-state index is 13.5. The lowest BCUT2D eigenvalue weighted by Crippen LogP contribution is -2.25. The molecule has 4 heteroatoms. The van der Waals surface area contributed by atoms with Crippen molar-refractivity contribution in [2.24, 2.45) is 0 Å². The summed E-state index contributed by atoms with van der Waals surface area (Å²) >= 11 is 0. The molecule has 0 saturated heterocycles. The number of pyridine rings is 1. The Morgan fingerprint density at radius 3 is 2.75 bits per heavy atom. The lowest BCUT2D eigenvalue weighted by molar-refractivity contribution is -0.153. The smallest absolute Gasteiger partial charge is 0.310 e. The molecule has 0 unspecified atom stereocenters. The second-order valence-electron chi connectivity index (χ2n) is 7.21. The van der Waals surface area contributed by atoms with Gasteiger partial charge >= 0.3 is 5.97 Å². The summed E-state index contributed by atoms with van der Waals surface area (Å²) in [5.74, 6) is -0.769. The summed E-state index contributed by atoms with van der Waals surface area (Å²) in [5.41, 5.74) is 4.59. The zero-order valence-electron chi connectivity index (χ0n) is 14.4. The van der Waals surface area contributed by atoms with Crippen LogP contribution < -0.4 is 0 Å². The number of ether oxygens (including phenoxy) is 1. The first-order valence-corrected chi connectivity index (χ1v) is 8.31. The van der Waals surface area contributed by atoms with Crippen LogP contribution >= 0.6 is 0 Å². The first kappa shape index (κ1) is 16.6. The molecule has 3 nitrogen and oxygen atoms in total. The molecule has 1 aliphatic rings. The Labute approximate surface area is 141 Å². The van der Waals surface area contributed by atoms with Crippen LogP contribution in [-0.2, 0) is 28.8 Å². The third-order valence-electron chi connectivity index (χ3n) is 4.18. The molecule has 1 aliphatic carbocycles.